The van der Waals surface area contributed by atoms with Gasteiger partial charge in [0.25, 0.3) is 0 Å². The lowest BCUT2D eigenvalue weighted by Crippen LogP contribution is -2.29. The van der Waals surface area contributed by atoms with Gasteiger partial charge < -0.3 is 4.21 Å². The number of hydrogen-bond acceptors (Lipinski definition) is 3. The largest absolute Gasteiger partial charge is 0.373 e. The number of rotatable bonds is 4. The maximum absolute atomic E-state index is 6.02. The average Bonchev–Trinajstić information content (AvgIpc) is 1.79. The van der Waals surface area contributed by atoms with Gasteiger partial charge in [0.2, 0.25) is 0 Å². The molecule has 0 radical (unpaired) electrons. The molecule has 0 amide bonds. The van der Waals surface area contributed by atoms with E-state index in [4.69, 9.17) is 4.21 Å². The Balaban J connectivity index is 4.15. The Morgan fingerprint density at radius 1 is 0.917 bits per heavy atom. The lowest BCUT2D eigenvalue weighted by molar-refractivity contribution is 0.452. The quantitative estimate of drug-likeness (QED) is 0.520. The molecule has 0 rings (SSSR count). The van der Waals surface area contributed by atoms with Crippen LogP contribution < -0.4 is 0 Å². The Morgan fingerprint density at radius 2 is 1.25 bits per heavy atom. The molecule has 0 unspecified atom stereocenters. The van der Waals surface area contributed by atoms with E-state index in [0.717, 1.165) is 0 Å². The monoisotopic (exact) mass is 208 g/mol. The van der Waals surface area contributed by atoms with Crippen molar-refractivity contribution >= 4 is 16.8 Å². The minimum absolute atomic E-state index is 0.538. The third kappa shape index (κ3) is 5.22. The SMILES string of the molecule is CN(C)P(O[Si](C)(C)C)N(C)C. The van der Waals surface area contributed by atoms with Gasteiger partial charge in [0.15, 0.2) is 16.8 Å². The Morgan fingerprint density at radius 3 is 1.33 bits per heavy atom. The Kier molecular flexibility index (Phi) is 4.88. The van der Waals surface area contributed by atoms with Crippen LogP contribution in [-0.4, -0.2) is 45.8 Å². The van der Waals surface area contributed by atoms with Gasteiger partial charge in [-0.1, -0.05) is 0 Å². The van der Waals surface area contributed by atoms with Crippen LogP contribution in [0.25, 0.3) is 0 Å². The number of hydrogen-bond donors (Lipinski definition) is 0. The molecule has 0 bridgehead atoms. The van der Waals surface area contributed by atoms with Crippen molar-refractivity contribution in [3.8, 4) is 0 Å². The van der Waals surface area contributed by atoms with Crippen molar-refractivity contribution in [3.05, 3.63) is 0 Å². The molecular weight excluding hydrogens is 187 g/mol. The molecular formula is C7H21N2OPSi. The van der Waals surface area contributed by atoms with E-state index >= 15 is 0 Å². The van der Waals surface area contributed by atoms with Crippen molar-refractivity contribution in [1.29, 1.82) is 0 Å². The molecule has 0 saturated heterocycles. The Hall–Kier alpha value is 0.527. The van der Waals surface area contributed by atoms with Gasteiger partial charge in [0, 0.05) is 0 Å². The van der Waals surface area contributed by atoms with E-state index in [-0.39, 0.29) is 0 Å². The van der Waals surface area contributed by atoms with Crippen molar-refractivity contribution in [1.82, 2.24) is 9.34 Å². The van der Waals surface area contributed by atoms with Crippen LogP contribution in [0.15, 0.2) is 0 Å². The summed E-state index contributed by atoms with van der Waals surface area (Å²) >= 11 is 0. The third-order valence-corrected chi connectivity index (χ3v) is 5.25. The fourth-order valence-electron chi connectivity index (χ4n) is 0.766. The van der Waals surface area contributed by atoms with E-state index in [2.05, 4.69) is 57.2 Å². The standard InChI is InChI=1S/C7H21N2OPSi/c1-8(2)11(9(3)4)10-12(5,6)7/h1-7H3. The first-order valence-electron chi connectivity index (χ1n) is 4.08. The molecule has 0 atom stereocenters. The summed E-state index contributed by atoms with van der Waals surface area (Å²) in [6.07, 6.45) is 0. The molecule has 0 saturated carbocycles. The van der Waals surface area contributed by atoms with E-state index in [1.54, 1.807) is 0 Å². The summed E-state index contributed by atoms with van der Waals surface area (Å²) in [4.78, 5) is 0. The second-order valence-corrected chi connectivity index (χ2v) is 11.2. The highest BCUT2D eigenvalue weighted by molar-refractivity contribution is 7.49. The second kappa shape index (κ2) is 4.68. The van der Waals surface area contributed by atoms with Gasteiger partial charge >= 0.3 is 0 Å². The molecule has 0 aromatic heterocycles. The van der Waals surface area contributed by atoms with Crippen molar-refractivity contribution in [2.75, 3.05) is 28.2 Å². The summed E-state index contributed by atoms with van der Waals surface area (Å²) in [6.45, 7) is 6.65. The first kappa shape index (κ1) is 12.5. The van der Waals surface area contributed by atoms with E-state index in [9.17, 15) is 0 Å². The van der Waals surface area contributed by atoms with E-state index in [1.807, 2.05) is 0 Å². The summed E-state index contributed by atoms with van der Waals surface area (Å²) in [7, 11) is 6.31. The van der Waals surface area contributed by atoms with Crippen LogP contribution in [-0.2, 0) is 4.21 Å². The Bertz CT molecular complexity index is 128. The highest BCUT2D eigenvalue weighted by atomic mass is 31.2. The molecule has 0 aliphatic carbocycles. The van der Waals surface area contributed by atoms with Gasteiger partial charge in [-0.05, 0) is 47.8 Å². The second-order valence-electron chi connectivity index (χ2n) is 4.15. The first-order chi connectivity index (χ1) is 5.24. The van der Waals surface area contributed by atoms with Crippen LogP contribution in [0.1, 0.15) is 0 Å². The normalized spacial score (nSPS) is 13.5. The average molecular weight is 208 g/mol. The first-order valence-corrected chi connectivity index (χ1v) is 8.65. The van der Waals surface area contributed by atoms with E-state index < -0.39 is 16.8 Å². The van der Waals surface area contributed by atoms with Crippen LogP contribution in [0.5, 0.6) is 0 Å². The fraction of sp³-hybridized carbons (Fsp3) is 1.00. The zero-order valence-electron chi connectivity index (χ0n) is 9.25. The van der Waals surface area contributed by atoms with Crippen molar-refractivity contribution in [2.24, 2.45) is 0 Å². The summed E-state index contributed by atoms with van der Waals surface area (Å²) in [6, 6.07) is 0. The van der Waals surface area contributed by atoms with Crippen LogP contribution in [0.4, 0.5) is 0 Å². The molecule has 0 aliphatic rings. The topological polar surface area (TPSA) is 15.7 Å². The van der Waals surface area contributed by atoms with Crippen LogP contribution in [0.2, 0.25) is 19.6 Å². The number of nitrogens with zero attached hydrogens (tertiary/aromatic N) is 2. The molecule has 0 N–H and O–H groups in total. The minimum Gasteiger partial charge on any atom is -0.373 e. The molecule has 0 heterocycles. The van der Waals surface area contributed by atoms with Crippen molar-refractivity contribution < 1.29 is 4.21 Å². The molecule has 74 valence electrons. The van der Waals surface area contributed by atoms with Crippen molar-refractivity contribution in [3.63, 3.8) is 0 Å². The van der Waals surface area contributed by atoms with E-state index in [1.165, 1.54) is 0 Å². The summed E-state index contributed by atoms with van der Waals surface area (Å²) in [5.74, 6) is 0. The molecule has 3 nitrogen and oxygen atoms in total. The lowest BCUT2D eigenvalue weighted by atomic mass is 11.3. The molecule has 0 aliphatic heterocycles. The zero-order chi connectivity index (χ0) is 9.94. The molecule has 0 aromatic carbocycles. The zero-order valence-corrected chi connectivity index (χ0v) is 11.1. The van der Waals surface area contributed by atoms with Gasteiger partial charge in [-0.15, -0.1) is 0 Å². The molecule has 0 fully saturated rings. The van der Waals surface area contributed by atoms with Gasteiger partial charge in [0.1, 0.15) is 0 Å². The van der Waals surface area contributed by atoms with Gasteiger partial charge in [-0.2, -0.15) is 0 Å². The third-order valence-electron chi connectivity index (χ3n) is 1.04. The summed E-state index contributed by atoms with van der Waals surface area (Å²) in [5, 5.41) is 0. The lowest BCUT2D eigenvalue weighted by Gasteiger charge is -2.33. The molecule has 12 heavy (non-hydrogen) atoms. The summed E-state index contributed by atoms with van der Waals surface area (Å²) < 4.78 is 10.3. The molecule has 5 heteroatoms. The Labute approximate surface area is 78.8 Å². The van der Waals surface area contributed by atoms with Crippen LogP contribution >= 0.6 is 8.45 Å². The predicted octanol–water partition coefficient (Wildman–Crippen LogP) is 2.19. The predicted molar refractivity (Wildman–Crippen MR) is 58.7 cm³/mol. The van der Waals surface area contributed by atoms with Gasteiger partial charge in [0.05, 0.1) is 0 Å². The van der Waals surface area contributed by atoms with Crippen molar-refractivity contribution in [2.45, 2.75) is 19.6 Å². The van der Waals surface area contributed by atoms with Gasteiger partial charge in [-0.3, -0.25) is 9.34 Å². The van der Waals surface area contributed by atoms with Crippen LogP contribution in [0, 0.1) is 0 Å². The van der Waals surface area contributed by atoms with E-state index in [0.29, 0.717) is 0 Å². The molecule has 0 spiro atoms. The smallest absolute Gasteiger partial charge is 0.191 e. The maximum Gasteiger partial charge on any atom is 0.191 e. The van der Waals surface area contributed by atoms with Gasteiger partial charge in [-0.25, -0.2) is 0 Å². The fourth-order valence-corrected chi connectivity index (χ4v) is 4.75. The highest BCUT2D eigenvalue weighted by Crippen LogP contribution is 2.43. The minimum atomic E-state index is -1.40. The maximum atomic E-state index is 6.02. The van der Waals surface area contributed by atoms with Crippen LogP contribution in [0.3, 0.4) is 0 Å². The highest BCUT2D eigenvalue weighted by Gasteiger charge is 2.24. The molecule has 0 aromatic rings. The summed E-state index contributed by atoms with van der Waals surface area (Å²) in [5.41, 5.74) is 0.